The van der Waals surface area contributed by atoms with Crippen LogP contribution in [0.25, 0.3) is 10.9 Å². The number of aromatic nitrogens is 2. The molecule has 3 aromatic rings. The van der Waals surface area contributed by atoms with Gasteiger partial charge in [-0.25, -0.2) is 0 Å². The largest absolute Gasteiger partial charge is 0.284 e. The van der Waals surface area contributed by atoms with Gasteiger partial charge in [-0.05, 0) is 24.3 Å². The molecule has 0 aliphatic carbocycles. The van der Waals surface area contributed by atoms with Crippen molar-refractivity contribution in [3.63, 3.8) is 0 Å². The topological polar surface area (TPSA) is 21.1 Å². The first-order chi connectivity index (χ1) is 8.36. The molecule has 2 heterocycles. The van der Waals surface area contributed by atoms with Crippen molar-refractivity contribution in [3.8, 4) is 0 Å². The smallest absolute Gasteiger partial charge is 0.0698 e. The number of nitrogens with zero attached hydrogens (tertiary/aromatic N) is 3. The number of hydrogen-bond donors (Lipinski definition) is 0. The number of benzene rings is 1. The van der Waals surface area contributed by atoms with Gasteiger partial charge >= 0.3 is 0 Å². The lowest BCUT2D eigenvalue weighted by Gasteiger charge is -2.21. The average Bonchev–Trinajstić information content (AvgIpc) is 2.83. The monoisotopic (exact) mass is 223 g/mol. The molecule has 0 saturated carbocycles. The number of anilines is 1. The Kier molecular flexibility index (Phi) is 2.29. The van der Waals surface area contributed by atoms with Crippen LogP contribution in [0.5, 0.6) is 0 Å². The van der Waals surface area contributed by atoms with Crippen LogP contribution in [0.1, 0.15) is 0 Å². The van der Waals surface area contributed by atoms with Gasteiger partial charge in [-0.2, -0.15) is 0 Å². The molecule has 0 N–H and O–H groups in total. The third-order valence-corrected chi connectivity index (χ3v) is 2.94. The fraction of sp³-hybridized carbons (Fsp3) is 0.0714. The summed E-state index contributed by atoms with van der Waals surface area (Å²) < 4.78 is 2.13. The Balaban J connectivity index is 2.10. The maximum Gasteiger partial charge on any atom is 0.0698 e. The molecule has 0 spiro atoms. The molecule has 0 atom stereocenters. The zero-order valence-corrected chi connectivity index (χ0v) is 9.62. The molecule has 0 amide bonds. The van der Waals surface area contributed by atoms with Crippen molar-refractivity contribution in [2.45, 2.75) is 0 Å². The minimum atomic E-state index is 1.11. The van der Waals surface area contributed by atoms with Crippen molar-refractivity contribution in [2.75, 3.05) is 12.1 Å². The van der Waals surface area contributed by atoms with E-state index in [4.69, 9.17) is 0 Å². The van der Waals surface area contributed by atoms with Gasteiger partial charge in [-0.1, -0.05) is 18.2 Å². The number of pyridine rings is 1. The fourth-order valence-electron chi connectivity index (χ4n) is 2.01. The van der Waals surface area contributed by atoms with Crippen LogP contribution in [-0.2, 0) is 0 Å². The first-order valence-corrected chi connectivity index (χ1v) is 5.56. The Bertz CT molecular complexity index is 628. The van der Waals surface area contributed by atoms with Gasteiger partial charge in [0.25, 0.3) is 0 Å². The Labute approximate surface area is 99.9 Å². The normalized spacial score (nSPS) is 10.6. The Morgan fingerprint density at radius 1 is 1.00 bits per heavy atom. The number of hydrogen-bond acceptors (Lipinski definition) is 2. The minimum absolute atomic E-state index is 1.11. The molecule has 2 aromatic heterocycles. The van der Waals surface area contributed by atoms with E-state index in [1.165, 1.54) is 10.9 Å². The lowest BCUT2D eigenvalue weighted by Crippen LogP contribution is -2.23. The second-order valence-electron chi connectivity index (χ2n) is 3.95. The summed E-state index contributed by atoms with van der Waals surface area (Å²) in [5, 5.41) is 3.35. The zero-order chi connectivity index (χ0) is 11.7. The maximum atomic E-state index is 4.04. The molecule has 84 valence electrons. The summed E-state index contributed by atoms with van der Waals surface area (Å²) in [6, 6.07) is 14.5. The van der Waals surface area contributed by atoms with E-state index < -0.39 is 0 Å². The van der Waals surface area contributed by atoms with Gasteiger partial charge in [0.2, 0.25) is 0 Å². The van der Waals surface area contributed by atoms with Crippen LogP contribution < -0.4 is 5.01 Å². The Morgan fingerprint density at radius 2 is 1.76 bits per heavy atom. The highest BCUT2D eigenvalue weighted by Gasteiger charge is 2.05. The molecule has 0 unspecified atom stereocenters. The molecule has 1 aromatic carbocycles. The van der Waals surface area contributed by atoms with Gasteiger partial charge in [-0.3, -0.25) is 14.7 Å². The Hall–Kier alpha value is -2.29. The standard InChI is InChI=1S/C14H13N3/c1-16(13-6-9-15-10-7-13)17-11-8-12-4-2-3-5-14(12)17/h2-11H,1H3. The Morgan fingerprint density at radius 3 is 2.59 bits per heavy atom. The van der Waals surface area contributed by atoms with Crippen LogP contribution in [0.2, 0.25) is 0 Å². The summed E-state index contributed by atoms with van der Waals surface area (Å²) in [4.78, 5) is 4.04. The third-order valence-electron chi connectivity index (χ3n) is 2.94. The van der Waals surface area contributed by atoms with Crippen LogP contribution >= 0.6 is 0 Å². The minimum Gasteiger partial charge on any atom is -0.284 e. The third kappa shape index (κ3) is 1.65. The lowest BCUT2D eigenvalue weighted by molar-refractivity contribution is 0.807. The molecular weight excluding hydrogens is 210 g/mol. The number of para-hydroxylation sites is 1. The van der Waals surface area contributed by atoms with E-state index >= 15 is 0 Å². The molecule has 0 saturated heterocycles. The second-order valence-corrected chi connectivity index (χ2v) is 3.95. The summed E-state index contributed by atoms with van der Waals surface area (Å²) in [6.45, 7) is 0. The summed E-state index contributed by atoms with van der Waals surface area (Å²) in [6.07, 6.45) is 5.68. The van der Waals surface area contributed by atoms with Gasteiger partial charge in [0.15, 0.2) is 0 Å². The molecule has 17 heavy (non-hydrogen) atoms. The van der Waals surface area contributed by atoms with Crippen LogP contribution in [0.3, 0.4) is 0 Å². The molecule has 0 fully saturated rings. The van der Waals surface area contributed by atoms with Gasteiger partial charge < -0.3 is 0 Å². The summed E-state index contributed by atoms with van der Waals surface area (Å²) in [5.74, 6) is 0. The molecular formula is C14H13N3. The van der Waals surface area contributed by atoms with Crippen LogP contribution in [-0.4, -0.2) is 16.7 Å². The maximum absolute atomic E-state index is 4.04. The first kappa shape index (κ1) is 9.90. The van der Waals surface area contributed by atoms with E-state index in [2.05, 4.69) is 51.2 Å². The number of rotatable bonds is 2. The van der Waals surface area contributed by atoms with Crippen molar-refractivity contribution in [1.29, 1.82) is 0 Å². The lowest BCUT2D eigenvalue weighted by atomic mass is 10.3. The van der Waals surface area contributed by atoms with Crippen molar-refractivity contribution in [2.24, 2.45) is 0 Å². The van der Waals surface area contributed by atoms with E-state index in [0.29, 0.717) is 0 Å². The zero-order valence-electron chi connectivity index (χ0n) is 9.62. The average molecular weight is 223 g/mol. The SMILES string of the molecule is CN(c1ccncc1)n1ccc2ccccc21. The summed E-state index contributed by atoms with van der Waals surface area (Å²) >= 11 is 0. The van der Waals surface area contributed by atoms with Crippen molar-refractivity contribution >= 4 is 16.6 Å². The van der Waals surface area contributed by atoms with E-state index in [1.54, 1.807) is 12.4 Å². The van der Waals surface area contributed by atoms with E-state index in [0.717, 1.165) is 5.69 Å². The second kappa shape index (κ2) is 3.94. The van der Waals surface area contributed by atoms with E-state index in [9.17, 15) is 0 Å². The molecule has 3 rings (SSSR count). The highest BCUT2D eigenvalue weighted by molar-refractivity contribution is 5.80. The molecule has 3 heteroatoms. The predicted molar refractivity (Wildman–Crippen MR) is 70.0 cm³/mol. The summed E-state index contributed by atoms with van der Waals surface area (Å²) in [7, 11) is 2.04. The predicted octanol–water partition coefficient (Wildman–Crippen LogP) is 2.94. The first-order valence-electron chi connectivity index (χ1n) is 5.56. The van der Waals surface area contributed by atoms with Crippen LogP contribution in [0.4, 0.5) is 5.69 Å². The van der Waals surface area contributed by atoms with Crippen molar-refractivity contribution in [3.05, 3.63) is 61.1 Å². The molecule has 0 radical (unpaired) electrons. The summed E-state index contributed by atoms with van der Waals surface area (Å²) in [5.41, 5.74) is 2.31. The van der Waals surface area contributed by atoms with Crippen LogP contribution in [0.15, 0.2) is 61.1 Å². The highest BCUT2D eigenvalue weighted by atomic mass is 15.5. The quantitative estimate of drug-likeness (QED) is 0.666. The molecule has 0 aliphatic heterocycles. The highest BCUT2D eigenvalue weighted by Crippen LogP contribution is 2.19. The number of fused-ring (bicyclic) bond motifs is 1. The van der Waals surface area contributed by atoms with Gasteiger partial charge in [0.05, 0.1) is 11.2 Å². The van der Waals surface area contributed by atoms with E-state index in [-0.39, 0.29) is 0 Å². The van der Waals surface area contributed by atoms with Crippen LogP contribution in [0, 0.1) is 0 Å². The molecule has 3 nitrogen and oxygen atoms in total. The molecule has 0 bridgehead atoms. The van der Waals surface area contributed by atoms with Gasteiger partial charge in [-0.15, -0.1) is 0 Å². The van der Waals surface area contributed by atoms with Gasteiger partial charge in [0.1, 0.15) is 0 Å². The van der Waals surface area contributed by atoms with Crippen molar-refractivity contribution in [1.82, 2.24) is 9.66 Å². The van der Waals surface area contributed by atoms with Crippen molar-refractivity contribution < 1.29 is 0 Å². The van der Waals surface area contributed by atoms with Gasteiger partial charge in [0, 0.05) is 31.0 Å². The fourth-order valence-corrected chi connectivity index (χ4v) is 2.01. The van der Waals surface area contributed by atoms with E-state index in [1.807, 2.05) is 19.2 Å². The molecule has 0 aliphatic rings.